The zero-order valence-electron chi connectivity index (χ0n) is 22.6. The molecule has 0 aliphatic rings. The molecule has 0 atom stereocenters. The monoisotopic (exact) mass is 528 g/mol. The van der Waals surface area contributed by atoms with Gasteiger partial charge in [-0.1, -0.05) is 149 Å². The maximum atomic E-state index is 11.8. The zero-order valence-corrected chi connectivity index (χ0v) is 23.4. The first kappa shape index (κ1) is 37.5. The van der Waals surface area contributed by atoms with Crippen LogP contribution in [0.2, 0.25) is 0 Å². The normalized spacial score (nSPS) is 11.4. The van der Waals surface area contributed by atoms with Gasteiger partial charge in [-0.3, -0.25) is 4.79 Å². The molecule has 0 aromatic carbocycles. The minimum absolute atomic E-state index is 0. The fourth-order valence-electron chi connectivity index (χ4n) is 4.22. The Bertz CT molecular complexity index is 539. The number of hydrogen-bond acceptors (Lipinski definition) is 5. The molecule has 0 saturated carbocycles. The standard InChI is InChI=1S/C28H56O5S.Na.H/c1-3-5-7-9-11-13-15-17-19-21-23-25-27-32-34(30,31)33-28(29)26-24-22-20-18-16-14-12-10-8-6-4-2;;/h3-27H2,1-2H3;;. The molecule has 0 aliphatic carbocycles. The van der Waals surface area contributed by atoms with E-state index in [2.05, 4.69) is 18.0 Å². The van der Waals surface area contributed by atoms with Crippen LogP contribution in [-0.2, 0) is 23.6 Å². The topological polar surface area (TPSA) is 69.7 Å². The third-order valence-electron chi connectivity index (χ3n) is 6.41. The summed E-state index contributed by atoms with van der Waals surface area (Å²) in [5.41, 5.74) is 0. The van der Waals surface area contributed by atoms with Crippen LogP contribution in [0.5, 0.6) is 0 Å². The molecule has 0 aromatic rings. The predicted octanol–water partition coefficient (Wildman–Crippen LogP) is 8.54. The number of carbonyl (C=O) groups is 1. The van der Waals surface area contributed by atoms with Gasteiger partial charge in [0.1, 0.15) is 0 Å². The number of unbranched alkanes of at least 4 members (excludes halogenated alkanes) is 21. The van der Waals surface area contributed by atoms with Crippen LogP contribution in [0.1, 0.15) is 168 Å². The second kappa shape index (κ2) is 28.9. The first-order chi connectivity index (χ1) is 16.5. The summed E-state index contributed by atoms with van der Waals surface area (Å²) in [4.78, 5) is 11.8. The summed E-state index contributed by atoms with van der Waals surface area (Å²) in [6.07, 6.45) is 27.7. The number of carbonyl (C=O) groups excluding carboxylic acids is 1. The summed E-state index contributed by atoms with van der Waals surface area (Å²) in [5.74, 6) is -0.703. The molecular weight excluding hydrogens is 471 g/mol. The van der Waals surface area contributed by atoms with Gasteiger partial charge in [-0.05, 0) is 12.8 Å². The van der Waals surface area contributed by atoms with Gasteiger partial charge in [-0.25, -0.2) is 4.18 Å². The average molecular weight is 529 g/mol. The van der Waals surface area contributed by atoms with E-state index in [0.717, 1.165) is 25.7 Å². The molecule has 7 heteroatoms. The fourth-order valence-corrected chi connectivity index (χ4v) is 4.90. The molecule has 0 radical (unpaired) electrons. The molecule has 0 heterocycles. The molecule has 0 spiro atoms. The van der Waals surface area contributed by atoms with E-state index in [1.807, 2.05) is 0 Å². The number of rotatable bonds is 27. The predicted molar refractivity (Wildman–Crippen MR) is 150 cm³/mol. The Labute approximate surface area is 240 Å². The SMILES string of the molecule is CCCCCCCCCCCCCCOS(=O)(=O)OC(=O)CCCCCCCCCCCCC.[NaH]. The summed E-state index contributed by atoms with van der Waals surface area (Å²) in [6.45, 7) is 4.57. The van der Waals surface area contributed by atoms with Crippen molar-refractivity contribution in [2.75, 3.05) is 6.61 Å². The Hall–Kier alpha value is 0.380. The molecule has 0 rings (SSSR count). The quantitative estimate of drug-likeness (QED) is 0.0789. The van der Waals surface area contributed by atoms with E-state index in [4.69, 9.17) is 4.18 Å². The molecule has 0 N–H and O–H groups in total. The second-order valence-electron chi connectivity index (χ2n) is 9.86. The Morgan fingerprint density at radius 2 is 0.829 bits per heavy atom. The molecule has 0 saturated heterocycles. The summed E-state index contributed by atoms with van der Waals surface area (Å²) in [5, 5.41) is 0. The van der Waals surface area contributed by atoms with Gasteiger partial charge in [-0.15, -0.1) is 0 Å². The van der Waals surface area contributed by atoms with E-state index < -0.39 is 16.4 Å². The second-order valence-corrected chi connectivity index (χ2v) is 11.1. The van der Waals surface area contributed by atoms with Crippen molar-refractivity contribution < 1.29 is 21.6 Å². The molecule has 0 fully saturated rings. The zero-order chi connectivity index (χ0) is 25.2. The maximum absolute atomic E-state index is 11.8. The van der Waals surface area contributed by atoms with Crippen LogP contribution >= 0.6 is 0 Å². The van der Waals surface area contributed by atoms with Gasteiger partial charge < -0.3 is 4.18 Å². The van der Waals surface area contributed by atoms with Crippen LogP contribution in [0, 0.1) is 0 Å². The van der Waals surface area contributed by atoms with Gasteiger partial charge in [0.15, 0.2) is 0 Å². The molecule has 0 aliphatic heterocycles. The van der Waals surface area contributed by atoms with Crippen LogP contribution in [0.25, 0.3) is 0 Å². The molecule has 5 nitrogen and oxygen atoms in total. The summed E-state index contributed by atoms with van der Waals surface area (Å²) in [7, 11) is -4.21. The summed E-state index contributed by atoms with van der Waals surface area (Å²) < 4.78 is 32.9. The summed E-state index contributed by atoms with van der Waals surface area (Å²) >= 11 is 0. The molecule has 206 valence electrons. The van der Waals surface area contributed by atoms with Crippen molar-refractivity contribution in [1.82, 2.24) is 0 Å². The van der Waals surface area contributed by atoms with Crippen molar-refractivity contribution in [1.29, 1.82) is 0 Å². The molecule has 0 aromatic heterocycles. The Balaban J connectivity index is 0. The molecular formula is C28H57NaO5S. The van der Waals surface area contributed by atoms with Crippen LogP contribution in [-0.4, -0.2) is 50.6 Å². The molecule has 35 heavy (non-hydrogen) atoms. The van der Waals surface area contributed by atoms with E-state index >= 15 is 0 Å². The van der Waals surface area contributed by atoms with Crippen molar-refractivity contribution in [3.05, 3.63) is 0 Å². The van der Waals surface area contributed by atoms with Gasteiger partial charge in [0, 0.05) is 6.42 Å². The average Bonchev–Trinajstić information content (AvgIpc) is 2.80. The molecule has 0 bridgehead atoms. The van der Waals surface area contributed by atoms with Crippen molar-refractivity contribution in [2.24, 2.45) is 0 Å². The van der Waals surface area contributed by atoms with Gasteiger partial charge in [0.25, 0.3) is 0 Å². The third-order valence-corrected chi connectivity index (χ3v) is 7.25. The van der Waals surface area contributed by atoms with Gasteiger partial charge in [0.2, 0.25) is 0 Å². The van der Waals surface area contributed by atoms with Gasteiger partial charge in [-0.2, -0.15) is 8.42 Å². The van der Waals surface area contributed by atoms with E-state index in [9.17, 15) is 13.2 Å². The Kier molecular flexibility index (Phi) is 31.0. The fraction of sp³-hybridized carbons (Fsp3) is 0.964. The first-order valence-corrected chi connectivity index (χ1v) is 16.0. The van der Waals surface area contributed by atoms with Crippen molar-refractivity contribution >= 4 is 45.9 Å². The van der Waals surface area contributed by atoms with Crippen molar-refractivity contribution in [2.45, 2.75) is 168 Å². The van der Waals surface area contributed by atoms with E-state index in [1.165, 1.54) is 109 Å². The van der Waals surface area contributed by atoms with Crippen LogP contribution < -0.4 is 0 Å². The molecule has 0 unspecified atom stereocenters. The third kappa shape index (κ3) is 30.5. The van der Waals surface area contributed by atoms with Crippen LogP contribution in [0.3, 0.4) is 0 Å². The van der Waals surface area contributed by atoms with Gasteiger partial charge >= 0.3 is 45.9 Å². The van der Waals surface area contributed by atoms with Gasteiger partial charge in [0.05, 0.1) is 6.61 Å². The van der Waals surface area contributed by atoms with Crippen molar-refractivity contribution in [3.63, 3.8) is 0 Å². The minimum atomic E-state index is -4.21. The number of hydrogen-bond donors (Lipinski definition) is 0. The summed E-state index contributed by atoms with van der Waals surface area (Å²) in [6, 6.07) is 0. The Morgan fingerprint density at radius 3 is 1.20 bits per heavy atom. The van der Waals surface area contributed by atoms with Crippen LogP contribution in [0.15, 0.2) is 0 Å². The molecule has 0 amide bonds. The first-order valence-electron chi connectivity index (χ1n) is 14.6. The van der Waals surface area contributed by atoms with E-state index in [1.54, 1.807) is 0 Å². The van der Waals surface area contributed by atoms with E-state index in [-0.39, 0.29) is 42.6 Å². The van der Waals surface area contributed by atoms with Crippen molar-refractivity contribution in [3.8, 4) is 0 Å². The Morgan fingerprint density at radius 1 is 0.514 bits per heavy atom. The van der Waals surface area contributed by atoms with E-state index in [0.29, 0.717) is 12.8 Å². The van der Waals surface area contributed by atoms with Crippen LogP contribution in [0.4, 0.5) is 0 Å².